The number of carboxylic acids is 1. The highest BCUT2D eigenvalue weighted by Crippen LogP contribution is 2.47. The molecule has 2 heterocycles. The number of fused-ring (bicyclic) bond motifs is 2. The van der Waals surface area contributed by atoms with E-state index in [0.717, 1.165) is 36.4 Å². The SMILES string of the molecule is Cc1ccc2c(c1)N(CCCS(=O)(=O)O)/C(=C/c1sc3ccc(Cl)cc3[n+]1CNC(=O)CCN(c1ccc(C=O)cc1)C(C)C(=O)O)S2. The van der Waals surface area contributed by atoms with Gasteiger partial charge in [-0.1, -0.05) is 40.8 Å². The lowest BCUT2D eigenvalue weighted by Crippen LogP contribution is -2.46. The molecule has 1 aliphatic rings. The molecule has 0 saturated heterocycles. The van der Waals surface area contributed by atoms with Crippen LogP contribution in [-0.4, -0.2) is 61.1 Å². The van der Waals surface area contributed by atoms with Crippen molar-refractivity contribution < 1.29 is 37.0 Å². The summed E-state index contributed by atoms with van der Waals surface area (Å²) in [6.45, 7) is 4.13. The maximum atomic E-state index is 13.2. The van der Waals surface area contributed by atoms with E-state index in [-0.39, 0.29) is 37.7 Å². The maximum absolute atomic E-state index is 13.2. The molecule has 15 heteroatoms. The monoisotopic (exact) mass is 729 g/mol. The number of amides is 1. The van der Waals surface area contributed by atoms with Crippen LogP contribution in [0.4, 0.5) is 11.4 Å². The molecule has 4 aromatic rings. The number of nitrogens with zero attached hydrogens (tertiary/aromatic N) is 3. The number of thioether (sulfide) groups is 1. The second kappa shape index (κ2) is 15.1. The number of aldehydes is 1. The molecule has 0 saturated carbocycles. The number of aryl methyl sites for hydroxylation is 1. The van der Waals surface area contributed by atoms with Gasteiger partial charge in [-0.15, -0.1) is 0 Å². The summed E-state index contributed by atoms with van der Waals surface area (Å²) in [7, 11) is -4.11. The number of hydrogen-bond donors (Lipinski definition) is 3. The molecule has 0 radical (unpaired) electrons. The molecule has 0 aliphatic carbocycles. The molecule has 48 heavy (non-hydrogen) atoms. The Labute approximate surface area is 291 Å². The van der Waals surface area contributed by atoms with E-state index >= 15 is 0 Å². The molecule has 252 valence electrons. The van der Waals surface area contributed by atoms with Crippen LogP contribution in [0.25, 0.3) is 16.3 Å². The molecule has 1 aliphatic heterocycles. The molecule has 0 fully saturated rings. The van der Waals surface area contributed by atoms with Crippen LogP contribution in [0, 0.1) is 6.92 Å². The van der Waals surface area contributed by atoms with Crippen molar-refractivity contribution in [1.29, 1.82) is 0 Å². The van der Waals surface area contributed by atoms with E-state index < -0.39 is 22.1 Å². The Morgan fingerprint density at radius 1 is 1.12 bits per heavy atom. The van der Waals surface area contributed by atoms with Crippen molar-refractivity contribution in [1.82, 2.24) is 5.32 Å². The standard InChI is InChI=1S/C33H33ClN4O7S3/c1-21-4-10-28-26(16-21)37(13-3-15-48(43,44)45)31(46-28)18-32-38(27-17-24(34)7-11-29(27)47-32)20-35-30(40)12-14-36(22(2)33(41)42)25-8-5-23(19-39)6-9-25/h4-11,16-19,22H,3,12-15,20H2,1-2H3,(H2-,35,40,41,42,43,44,45)/p+1. The Kier molecular flexibility index (Phi) is 11.1. The first-order valence-corrected chi connectivity index (χ1v) is 18.6. The molecule has 1 unspecified atom stereocenters. The van der Waals surface area contributed by atoms with Gasteiger partial charge in [-0.2, -0.15) is 13.0 Å². The van der Waals surface area contributed by atoms with Crippen LogP contribution in [0.2, 0.25) is 5.02 Å². The third-order valence-corrected chi connectivity index (χ3v) is 11.1. The van der Waals surface area contributed by atoms with Crippen LogP contribution >= 0.6 is 34.7 Å². The lowest BCUT2D eigenvalue weighted by atomic mass is 10.1. The van der Waals surface area contributed by atoms with E-state index in [0.29, 0.717) is 29.1 Å². The fraction of sp³-hybridized carbons (Fsp3) is 0.273. The number of carboxylic acid groups (broad SMARTS) is 1. The van der Waals surface area contributed by atoms with Gasteiger partial charge in [-0.05, 0) is 74.4 Å². The van der Waals surface area contributed by atoms with Crippen molar-refractivity contribution >= 4 is 90.6 Å². The van der Waals surface area contributed by atoms with Crippen molar-refractivity contribution in [3.63, 3.8) is 0 Å². The van der Waals surface area contributed by atoms with Crippen molar-refractivity contribution in [2.75, 3.05) is 28.6 Å². The number of benzene rings is 3. The predicted octanol–water partition coefficient (Wildman–Crippen LogP) is 5.60. The topological polar surface area (TPSA) is 148 Å². The summed E-state index contributed by atoms with van der Waals surface area (Å²) in [5.41, 5.74) is 3.86. The predicted molar refractivity (Wildman–Crippen MR) is 189 cm³/mol. The highest BCUT2D eigenvalue weighted by molar-refractivity contribution is 8.03. The van der Waals surface area contributed by atoms with Crippen molar-refractivity contribution in [3.8, 4) is 0 Å². The van der Waals surface area contributed by atoms with Gasteiger partial charge in [0.15, 0.2) is 0 Å². The first kappa shape index (κ1) is 35.4. The summed E-state index contributed by atoms with van der Waals surface area (Å²) < 4.78 is 35.1. The van der Waals surface area contributed by atoms with Crippen LogP contribution in [0.5, 0.6) is 0 Å². The number of anilines is 2. The average Bonchev–Trinajstić information content (AvgIpc) is 3.55. The molecule has 3 aromatic carbocycles. The molecule has 3 N–H and O–H groups in total. The van der Waals surface area contributed by atoms with E-state index in [1.165, 1.54) is 18.3 Å². The van der Waals surface area contributed by atoms with Gasteiger partial charge in [0.1, 0.15) is 17.0 Å². The van der Waals surface area contributed by atoms with Crippen LogP contribution < -0.4 is 19.7 Å². The average molecular weight is 730 g/mol. The highest BCUT2D eigenvalue weighted by atomic mass is 35.5. The molecular formula is C33H34ClN4O7S3+. The van der Waals surface area contributed by atoms with Gasteiger partial charge in [0, 0.05) is 46.7 Å². The number of aromatic nitrogens is 1. The van der Waals surface area contributed by atoms with Gasteiger partial charge in [0.2, 0.25) is 18.1 Å². The third kappa shape index (κ3) is 8.55. The smallest absolute Gasteiger partial charge is 0.326 e. The minimum Gasteiger partial charge on any atom is -0.480 e. The molecule has 1 atom stereocenters. The molecule has 0 bridgehead atoms. The third-order valence-electron chi connectivity index (χ3n) is 7.81. The summed E-state index contributed by atoms with van der Waals surface area (Å²) in [6, 6.07) is 17.2. The zero-order valence-electron chi connectivity index (χ0n) is 26.1. The Bertz CT molecular complexity index is 2000. The van der Waals surface area contributed by atoms with Gasteiger partial charge < -0.3 is 20.2 Å². The Hall–Kier alpha value is -3.95. The fourth-order valence-electron chi connectivity index (χ4n) is 5.31. The number of carbonyl (C=O) groups is 3. The first-order valence-electron chi connectivity index (χ1n) is 15.0. The van der Waals surface area contributed by atoms with Crippen LogP contribution in [-0.2, 0) is 26.4 Å². The van der Waals surface area contributed by atoms with Crippen LogP contribution in [0.3, 0.4) is 0 Å². The molecule has 5 rings (SSSR count). The fourth-order valence-corrected chi connectivity index (χ4v) is 8.23. The van der Waals surface area contributed by atoms with Gasteiger partial charge >= 0.3 is 5.97 Å². The van der Waals surface area contributed by atoms with E-state index in [1.54, 1.807) is 47.0 Å². The van der Waals surface area contributed by atoms with Gasteiger partial charge in [0.05, 0.1) is 22.5 Å². The Morgan fingerprint density at radius 2 is 1.88 bits per heavy atom. The Balaban J connectivity index is 1.39. The summed E-state index contributed by atoms with van der Waals surface area (Å²) >= 11 is 9.44. The molecule has 11 nitrogen and oxygen atoms in total. The lowest BCUT2D eigenvalue weighted by molar-refractivity contribution is -0.672. The van der Waals surface area contributed by atoms with Gasteiger partial charge in [-0.3, -0.25) is 14.1 Å². The van der Waals surface area contributed by atoms with E-state index in [9.17, 15) is 32.5 Å². The van der Waals surface area contributed by atoms with Crippen molar-refractivity contribution in [2.45, 2.75) is 44.3 Å². The maximum Gasteiger partial charge on any atom is 0.326 e. The molecule has 0 spiro atoms. The zero-order valence-corrected chi connectivity index (χ0v) is 29.3. The number of carbonyl (C=O) groups excluding carboxylic acids is 2. The van der Waals surface area contributed by atoms with E-state index in [1.807, 2.05) is 52.8 Å². The quantitative estimate of drug-likeness (QED) is 0.0852. The van der Waals surface area contributed by atoms with Crippen LogP contribution in [0.15, 0.2) is 70.6 Å². The summed E-state index contributed by atoms with van der Waals surface area (Å²) in [4.78, 5) is 40.8. The minimum atomic E-state index is -4.11. The summed E-state index contributed by atoms with van der Waals surface area (Å²) in [5.74, 6) is -1.69. The first-order chi connectivity index (χ1) is 22.8. The number of nitrogens with one attached hydrogen (secondary N) is 1. The number of aliphatic carboxylic acids is 1. The number of halogens is 1. The molecule has 1 amide bonds. The second-order valence-electron chi connectivity index (χ2n) is 11.3. The minimum absolute atomic E-state index is 0.0128. The molecule has 1 aromatic heterocycles. The Morgan fingerprint density at radius 3 is 2.56 bits per heavy atom. The normalized spacial score (nSPS) is 14.2. The van der Waals surface area contributed by atoms with Gasteiger partial charge in [0.25, 0.3) is 15.1 Å². The number of thiazole rings is 1. The zero-order chi connectivity index (χ0) is 34.6. The van der Waals surface area contributed by atoms with Crippen LogP contribution in [0.1, 0.15) is 40.7 Å². The van der Waals surface area contributed by atoms with Crippen molar-refractivity contribution in [2.24, 2.45) is 0 Å². The van der Waals surface area contributed by atoms with Crippen molar-refractivity contribution in [3.05, 3.63) is 86.8 Å². The largest absolute Gasteiger partial charge is 0.480 e. The number of hydrogen-bond acceptors (Lipinski definition) is 9. The summed E-state index contributed by atoms with van der Waals surface area (Å²) in [5, 5.41) is 14.9. The molecular weight excluding hydrogens is 696 g/mol. The second-order valence-corrected chi connectivity index (χ2v) is 15.4. The summed E-state index contributed by atoms with van der Waals surface area (Å²) in [6.07, 6.45) is 2.94. The van der Waals surface area contributed by atoms with E-state index in [2.05, 4.69) is 5.32 Å². The van der Waals surface area contributed by atoms with E-state index in [4.69, 9.17) is 11.6 Å². The van der Waals surface area contributed by atoms with Gasteiger partial charge in [-0.25, -0.2) is 4.79 Å². The number of rotatable bonds is 14. The lowest BCUT2D eigenvalue weighted by Gasteiger charge is -2.28. The highest BCUT2D eigenvalue weighted by Gasteiger charge is 2.29.